The first-order valence-corrected chi connectivity index (χ1v) is 8.24. The number of carbonyl (C=O) groups is 2. The van der Waals surface area contributed by atoms with Gasteiger partial charge in [-0.3, -0.25) is 14.6 Å². The first kappa shape index (κ1) is 17.8. The third kappa shape index (κ3) is 4.77. The van der Waals surface area contributed by atoms with Crippen LogP contribution in [0.1, 0.15) is 31.8 Å². The number of nitriles is 1. The van der Waals surface area contributed by atoms with Gasteiger partial charge in [0, 0.05) is 35.8 Å². The molecule has 3 rings (SSSR count). The maximum atomic E-state index is 12.3. The highest BCUT2D eigenvalue weighted by Gasteiger charge is 2.09. The van der Waals surface area contributed by atoms with Crippen molar-refractivity contribution in [2.24, 2.45) is 0 Å². The van der Waals surface area contributed by atoms with Gasteiger partial charge in [-0.1, -0.05) is 6.07 Å². The molecule has 3 aromatic rings. The summed E-state index contributed by atoms with van der Waals surface area (Å²) in [7, 11) is 0. The summed E-state index contributed by atoms with van der Waals surface area (Å²) in [5.74, 6) is -0.514. The Morgan fingerprint density at radius 3 is 2.19 bits per heavy atom. The molecule has 0 bridgehead atoms. The standard InChI is InChI=1S/C21H16N4O2/c22-12-15-3-9-19(10-4-15)25-21(27)18-7-5-17(6-8-18)20(26)24-14-16-2-1-11-23-13-16/h1-11,13H,14H2,(H,24,26)(H,25,27). The van der Waals surface area contributed by atoms with Crippen LogP contribution in [0, 0.1) is 11.3 Å². The highest BCUT2D eigenvalue weighted by molar-refractivity contribution is 6.05. The molecule has 2 aromatic carbocycles. The molecule has 0 saturated heterocycles. The van der Waals surface area contributed by atoms with Crippen LogP contribution in [0.2, 0.25) is 0 Å². The molecule has 2 amide bonds. The smallest absolute Gasteiger partial charge is 0.255 e. The van der Waals surface area contributed by atoms with Crippen molar-refractivity contribution in [3.63, 3.8) is 0 Å². The highest BCUT2D eigenvalue weighted by Crippen LogP contribution is 2.12. The molecule has 1 aromatic heterocycles. The predicted molar refractivity (Wildman–Crippen MR) is 101 cm³/mol. The summed E-state index contributed by atoms with van der Waals surface area (Å²) in [4.78, 5) is 28.5. The van der Waals surface area contributed by atoms with Crippen molar-refractivity contribution in [1.82, 2.24) is 10.3 Å². The van der Waals surface area contributed by atoms with Crippen LogP contribution in [-0.2, 0) is 6.54 Å². The fourth-order valence-corrected chi connectivity index (χ4v) is 2.39. The van der Waals surface area contributed by atoms with Crippen LogP contribution >= 0.6 is 0 Å². The van der Waals surface area contributed by atoms with Crippen LogP contribution in [0.3, 0.4) is 0 Å². The van der Waals surface area contributed by atoms with E-state index in [0.29, 0.717) is 28.9 Å². The van der Waals surface area contributed by atoms with Gasteiger partial charge in [0.25, 0.3) is 11.8 Å². The minimum atomic E-state index is -0.290. The van der Waals surface area contributed by atoms with Gasteiger partial charge in [0.1, 0.15) is 0 Å². The maximum absolute atomic E-state index is 12.3. The third-order valence-electron chi connectivity index (χ3n) is 3.86. The molecule has 0 radical (unpaired) electrons. The molecule has 1 heterocycles. The molecular weight excluding hydrogens is 340 g/mol. The zero-order chi connectivity index (χ0) is 19.1. The second-order valence-corrected chi connectivity index (χ2v) is 5.76. The summed E-state index contributed by atoms with van der Waals surface area (Å²) in [6, 6.07) is 18.7. The Bertz CT molecular complexity index is 975. The average molecular weight is 356 g/mol. The molecule has 0 fully saturated rings. The van der Waals surface area contributed by atoms with E-state index < -0.39 is 0 Å². The van der Waals surface area contributed by atoms with Gasteiger partial charge in [-0.05, 0) is 60.2 Å². The molecule has 2 N–H and O–H groups in total. The molecule has 0 aliphatic rings. The second kappa shape index (κ2) is 8.41. The number of hydrogen-bond acceptors (Lipinski definition) is 4. The van der Waals surface area contributed by atoms with Crippen LogP contribution in [0.25, 0.3) is 0 Å². The Hall–Kier alpha value is -3.98. The van der Waals surface area contributed by atoms with E-state index in [9.17, 15) is 9.59 Å². The molecule has 132 valence electrons. The molecule has 0 spiro atoms. The van der Waals surface area contributed by atoms with Crippen molar-refractivity contribution in [3.8, 4) is 6.07 Å². The lowest BCUT2D eigenvalue weighted by Crippen LogP contribution is -2.23. The molecule has 0 aliphatic heterocycles. The van der Waals surface area contributed by atoms with Gasteiger partial charge in [-0.15, -0.1) is 0 Å². The minimum Gasteiger partial charge on any atom is -0.348 e. The number of aromatic nitrogens is 1. The molecule has 0 unspecified atom stereocenters. The van der Waals surface area contributed by atoms with E-state index in [1.165, 1.54) is 0 Å². The number of carbonyl (C=O) groups excluding carboxylic acids is 2. The topological polar surface area (TPSA) is 94.9 Å². The second-order valence-electron chi connectivity index (χ2n) is 5.76. The predicted octanol–water partition coefficient (Wildman–Crippen LogP) is 3.14. The van der Waals surface area contributed by atoms with Gasteiger partial charge in [-0.25, -0.2) is 0 Å². The molecule has 6 heteroatoms. The molecular formula is C21H16N4O2. The van der Waals surface area contributed by atoms with Gasteiger partial charge >= 0.3 is 0 Å². The highest BCUT2D eigenvalue weighted by atomic mass is 16.2. The number of hydrogen-bond donors (Lipinski definition) is 2. The fourth-order valence-electron chi connectivity index (χ4n) is 2.39. The van der Waals surface area contributed by atoms with Crippen LogP contribution in [0.4, 0.5) is 5.69 Å². The van der Waals surface area contributed by atoms with Crippen LogP contribution in [0.5, 0.6) is 0 Å². The lowest BCUT2D eigenvalue weighted by Gasteiger charge is -2.07. The summed E-state index contributed by atoms with van der Waals surface area (Å²) < 4.78 is 0. The molecule has 0 atom stereocenters. The van der Waals surface area contributed by atoms with Crippen molar-refractivity contribution < 1.29 is 9.59 Å². The molecule has 6 nitrogen and oxygen atoms in total. The van der Waals surface area contributed by atoms with E-state index in [1.54, 1.807) is 60.9 Å². The van der Waals surface area contributed by atoms with Gasteiger partial charge in [0.2, 0.25) is 0 Å². The lowest BCUT2D eigenvalue weighted by atomic mass is 10.1. The van der Waals surface area contributed by atoms with E-state index in [2.05, 4.69) is 15.6 Å². The van der Waals surface area contributed by atoms with E-state index >= 15 is 0 Å². The van der Waals surface area contributed by atoms with E-state index in [0.717, 1.165) is 5.56 Å². The number of anilines is 1. The monoisotopic (exact) mass is 356 g/mol. The Kier molecular flexibility index (Phi) is 5.55. The Balaban J connectivity index is 1.59. The largest absolute Gasteiger partial charge is 0.348 e. The van der Waals surface area contributed by atoms with Gasteiger partial charge < -0.3 is 10.6 Å². The number of nitrogens with one attached hydrogen (secondary N) is 2. The third-order valence-corrected chi connectivity index (χ3v) is 3.86. The summed E-state index contributed by atoms with van der Waals surface area (Å²) in [6.07, 6.45) is 3.36. The van der Waals surface area contributed by atoms with Gasteiger partial charge in [0.15, 0.2) is 0 Å². The normalized spacial score (nSPS) is 9.89. The van der Waals surface area contributed by atoms with Crippen molar-refractivity contribution >= 4 is 17.5 Å². The van der Waals surface area contributed by atoms with Crippen molar-refractivity contribution in [2.45, 2.75) is 6.54 Å². The van der Waals surface area contributed by atoms with Crippen molar-refractivity contribution in [3.05, 3.63) is 95.3 Å². The fraction of sp³-hybridized carbons (Fsp3) is 0.0476. The summed E-state index contributed by atoms with van der Waals surface area (Å²) in [5.41, 5.74) is 2.92. The quantitative estimate of drug-likeness (QED) is 0.734. The first-order valence-electron chi connectivity index (χ1n) is 8.24. The van der Waals surface area contributed by atoms with Crippen LogP contribution in [-0.4, -0.2) is 16.8 Å². The number of pyridine rings is 1. The van der Waals surface area contributed by atoms with Gasteiger partial charge in [0.05, 0.1) is 11.6 Å². The van der Waals surface area contributed by atoms with E-state index in [-0.39, 0.29) is 11.8 Å². The van der Waals surface area contributed by atoms with Crippen LogP contribution in [0.15, 0.2) is 73.1 Å². The zero-order valence-electron chi connectivity index (χ0n) is 14.3. The number of nitrogens with zero attached hydrogens (tertiary/aromatic N) is 2. The van der Waals surface area contributed by atoms with Crippen molar-refractivity contribution in [1.29, 1.82) is 5.26 Å². The molecule has 27 heavy (non-hydrogen) atoms. The minimum absolute atomic E-state index is 0.224. The Morgan fingerprint density at radius 2 is 1.59 bits per heavy atom. The SMILES string of the molecule is N#Cc1ccc(NC(=O)c2ccc(C(=O)NCc3cccnc3)cc2)cc1. The van der Waals surface area contributed by atoms with E-state index in [1.807, 2.05) is 18.2 Å². The Labute approximate surface area is 156 Å². The summed E-state index contributed by atoms with van der Waals surface area (Å²) in [6.45, 7) is 0.383. The number of amides is 2. The summed E-state index contributed by atoms with van der Waals surface area (Å²) in [5, 5.41) is 14.3. The maximum Gasteiger partial charge on any atom is 0.255 e. The lowest BCUT2D eigenvalue weighted by molar-refractivity contribution is 0.0949. The zero-order valence-corrected chi connectivity index (χ0v) is 14.3. The molecule has 0 aliphatic carbocycles. The van der Waals surface area contributed by atoms with E-state index in [4.69, 9.17) is 5.26 Å². The molecule has 0 saturated carbocycles. The number of benzene rings is 2. The van der Waals surface area contributed by atoms with Crippen LogP contribution < -0.4 is 10.6 Å². The number of rotatable bonds is 5. The van der Waals surface area contributed by atoms with Gasteiger partial charge in [-0.2, -0.15) is 5.26 Å². The average Bonchev–Trinajstić information content (AvgIpc) is 2.73. The Morgan fingerprint density at radius 1 is 0.926 bits per heavy atom. The van der Waals surface area contributed by atoms with Crippen molar-refractivity contribution in [2.75, 3.05) is 5.32 Å². The first-order chi connectivity index (χ1) is 13.2. The summed E-state index contributed by atoms with van der Waals surface area (Å²) >= 11 is 0.